The first-order valence-corrected chi connectivity index (χ1v) is 15.5. The molecule has 4 nitrogen and oxygen atoms in total. The van der Waals surface area contributed by atoms with Gasteiger partial charge in [0.2, 0.25) is 0 Å². The Hall–Kier alpha value is -5.74. The molecule has 0 bridgehead atoms. The predicted molar refractivity (Wildman–Crippen MR) is 187 cm³/mol. The molecule has 2 heterocycles. The highest BCUT2D eigenvalue weighted by Gasteiger charge is 2.18. The lowest BCUT2D eigenvalue weighted by Crippen LogP contribution is -2.14. The number of nitrogens with zero attached hydrogens (tertiary/aromatic N) is 2. The van der Waals surface area contributed by atoms with Gasteiger partial charge in [-0.3, -0.25) is 5.41 Å². The third kappa shape index (κ3) is 4.72. The second kappa shape index (κ2) is 11.1. The van der Waals surface area contributed by atoms with Crippen LogP contribution in [0.3, 0.4) is 0 Å². The van der Waals surface area contributed by atoms with Gasteiger partial charge in [-0.05, 0) is 76.6 Å². The van der Waals surface area contributed by atoms with Crippen LogP contribution >= 0.6 is 0 Å². The van der Waals surface area contributed by atoms with Gasteiger partial charge in [0.05, 0.1) is 11.0 Å². The summed E-state index contributed by atoms with van der Waals surface area (Å²) in [5.74, 6) is 0.699. The predicted octanol–water partition coefficient (Wildman–Crippen LogP) is 9.89. The standard InChI is InChI=1S/C41H32N4/c1-27-10-6-11-30-12-8-17-33(39(27)30)28-21-23-29(24-22-28)34-18-9-25-43-41(34)44-40(42)31-13-7-14-32(26-31)45-37-19-4-2-15-35(37)36-16-3-5-20-38(36)45/h2-9,11-27H,10H2,1H3,(H2,42,43,44). The maximum Gasteiger partial charge on any atom is 0.154 e. The summed E-state index contributed by atoms with van der Waals surface area (Å²) in [4.78, 5) is 8.11. The number of benzene rings is 5. The van der Waals surface area contributed by atoms with Crippen LogP contribution in [0.25, 0.3) is 55.8 Å². The van der Waals surface area contributed by atoms with E-state index in [2.05, 4.69) is 138 Å². The van der Waals surface area contributed by atoms with Crippen LogP contribution in [-0.2, 0) is 0 Å². The van der Waals surface area contributed by atoms with Crippen molar-refractivity contribution in [2.75, 3.05) is 0 Å². The van der Waals surface area contributed by atoms with Crippen LogP contribution in [0.1, 0.15) is 36.0 Å². The Balaban J connectivity index is 1.15. The zero-order chi connectivity index (χ0) is 30.3. The Labute approximate surface area is 262 Å². The lowest BCUT2D eigenvalue weighted by molar-refractivity contribution is 0.774. The summed E-state index contributed by atoms with van der Waals surface area (Å²) in [6.07, 6.45) is 7.45. The lowest BCUT2D eigenvalue weighted by Gasteiger charge is -2.22. The van der Waals surface area contributed by atoms with Crippen molar-refractivity contribution in [1.82, 2.24) is 9.55 Å². The van der Waals surface area contributed by atoms with Crippen LogP contribution in [0.5, 0.6) is 0 Å². The summed E-state index contributed by atoms with van der Waals surface area (Å²) in [5, 5.41) is 11.5. The number of allylic oxidation sites excluding steroid dienone is 1. The molecule has 7 aromatic rings. The van der Waals surface area contributed by atoms with Crippen molar-refractivity contribution in [1.29, 1.82) is 5.41 Å². The Bertz CT molecular complexity index is 2280. The van der Waals surface area contributed by atoms with Crippen molar-refractivity contribution in [3.8, 4) is 27.9 Å². The number of fused-ring (bicyclic) bond motifs is 4. The molecule has 1 aliphatic rings. The molecule has 0 spiro atoms. The first-order chi connectivity index (χ1) is 22.2. The molecule has 4 heteroatoms. The molecule has 5 aromatic carbocycles. The molecule has 0 radical (unpaired) electrons. The van der Waals surface area contributed by atoms with Crippen molar-refractivity contribution in [3.05, 3.63) is 162 Å². The number of amidine groups is 1. The number of aromatic nitrogens is 2. The average molecular weight is 581 g/mol. The van der Waals surface area contributed by atoms with Crippen LogP contribution in [-0.4, -0.2) is 15.4 Å². The first-order valence-electron chi connectivity index (χ1n) is 15.5. The summed E-state index contributed by atoms with van der Waals surface area (Å²) < 4.78 is 2.27. The highest BCUT2D eigenvalue weighted by Crippen LogP contribution is 2.38. The van der Waals surface area contributed by atoms with E-state index in [0.29, 0.717) is 11.4 Å². The molecule has 0 amide bonds. The summed E-state index contributed by atoms with van der Waals surface area (Å²) >= 11 is 0. The molecule has 0 aliphatic heterocycles. The van der Waals surface area contributed by atoms with E-state index in [1.54, 1.807) is 0 Å². The Morgan fingerprint density at radius 1 is 0.733 bits per heavy atom. The SMILES string of the molecule is CC1CC=Cc2cccc(-c3ccc(-c4ccc[nH]c4=NC(=N)c4cccc(-n5c6ccccc6c6ccccc65)c4)cc3)c21. The van der Waals surface area contributed by atoms with Gasteiger partial charge in [-0.25, -0.2) is 4.99 Å². The molecule has 1 atom stereocenters. The summed E-state index contributed by atoms with van der Waals surface area (Å²) in [6, 6.07) is 44.4. The Morgan fingerprint density at radius 3 is 2.16 bits per heavy atom. The van der Waals surface area contributed by atoms with Gasteiger partial charge in [-0.15, -0.1) is 0 Å². The number of nitrogens with one attached hydrogen (secondary N) is 2. The topological polar surface area (TPSA) is 56.9 Å². The van der Waals surface area contributed by atoms with Gasteiger partial charge in [0.1, 0.15) is 5.49 Å². The van der Waals surface area contributed by atoms with E-state index in [9.17, 15) is 0 Å². The minimum Gasteiger partial charge on any atom is -0.346 e. The molecular weight excluding hydrogens is 548 g/mol. The van der Waals surface area contributed by atoms with Crippen LogP contribution in [0.4, 0.5) is 0 Å². The summed E-state index contributed by atoms with van der Waals surface area (Å²) in [6.45, 7) is 2.31. The number of aromatic amines is 1. The monoisotopic (exact) mass is 580 g/mol. The van der Waals surface area contributed by atoms with Gasteiger partial charge in [-0.1, -0.05) is 110 Å². The van der Waals surface area contributed by atoms with E-state index >= 15 is 0 Å². The van der Waals surface area contributed by atoms with E-state index in [-0.39, 0.29) is 5.84 Å². The van der Waals surface area contributed by atoms with Gasteiger partial charge in [0.25, 0.3) is 0 Å². The minimum atomic E-state index is 0.205. The highest BCUT2D eigenvalue weighted by molar-refractivity contribution is 6.09. The van der Waals surface area contributed by atoms with Crippen LogP contribution in [0.15, 0.2) is 145 Å². The van der Waals surface area contributed by atoms with Gasteiger partial charge in [-0.2, -0.15) is 0 Å². The van der Waals surface area contributed by atoms with E-state index in [4.69, 9.17) is 10.4 Å². The Kier molecular flexibility index (Phi) is 6.61. The molecule has 2 N–H and O–H groups in total. The summed E-state index contributed by atoms with van der Waals surface area (Å²) in [5.41, 5.74) is 12.0. The van der Waals surface area contributed by atoms with Gasteiger partial charge in [0.15, 0.2) is 5.84 Å². The quantitative estimate of drug-likeness (QED) is 0.154. The number of H-pyrrole nitrogens is 1. The van der Waals surface area contributed by atoms with Crippen molar-refractivity contribution in [2.24, 2.45) is 4.99 Å². The van der Waals surface area contributed by atoms with E-state index in [1.807, 2.05) is 24.4 Å². The Morgan fingerprint density at radius 2 is 1.40 bits per heavy atom. The maximum atomic E-state index is 9.03. The molecule has 1 aliphatic carbocycles. The number of pyridine rings is 1. The molecular formula is C41H32N4. The largest absolute Gasteiger partial charge is 0.346 e. The lowest BCUT2D eigenvalue weighted by atomic mass is 9.83. The number of rotatable bonds is 4. The first kappa shape index (κ1) is 26.9. The minimum absolute atomic E-state index is 0.205. The van der Waals surface area contributed by atoms with Crippen LogP contribution in [0.2, 0.25) is 0 Å². The van der Waals surface area contributed by atoms with Crippen molar-refractivity contribution in [3.63, 3.8) is 0 Å². The molecule has 8 rings (SSSR count). The second-order valence-electron chi connectivity index (χ2n) is 11.7. The average Bonchev–Trinajstić information content (AvgIpc) is 3.43. The zero-order valence-corrected chi connectivity index (χ0v) is 25.0. The molecule has 0 saturated heterocycles. The van der Waals surface area contributed by atoms with E-state index in [1.165, 1.54) is 33.0 Å². The highest BCUT2D eigenvalue weighted by atomic mass is 15.0. The van der Waals surface area contributed by atoms with Crippen molar-refractivity contribution in [2.45, 2.75) is 19.3 Å². The third-order valence-corrected chi connectivity index (χ3v) is 8.94. The fourth-order valence-electron chi connectivity index (χ4n) is 6.80. The van der Waals surface area contributed by atoms with Gasteiger partial charge < -0.3 is 9.55 Å². The van der Waals surface area contributed by atoms with Gasteiger partial charge >= 0.3 is 0 Å². The molecule has 216 valence electrons. The van der Waals surface area contributed by atoms with Crippen LogP contribution in [0, 0.1) is 5.41 Å². The normalized spacial score (nSPS) is 14.6. The zero-order valence-electron chi connectivity index (χ0n) is 25.0. The fourth-order valence-corrected chi connectivity index (χ4v) is 6.80. The number of hydrogen-bond donors (Lipinski definition) is 2. The fraction of sp³-hybridized carbons (Fsp3) is 0.0732. The smallest absolute Gasteiger partial charge is 0.154 e. The van der Waals surface area contributed by atoms with Crippen LogP contribution < -0.4 is 5.49 Å². The van der Waals surface area contributed by atoms with Crippen molar-refractivity contribution >= 4 is 33.7 Å². The molecule has 1 unspecified atom stereocenters. The van der Waals surface area contributed by atoms with Gasteiger partial charge in [0, 0.05) is 33.8 Å². The molecule has 0 fully saturated rings. The van der Waals surface area contributed by atoms with Crippen molar-refractivity contribution < 1.29 is 0 Å². The van der Waals surface area contributed by atoms with E-state index < -0.39 is 0 Å². The third-order valence-electron chi connectivity index (χ3n) is 8.94. The second-order valence-corrected chi connectivity index (χ2v) is 11.7. The van der Waals surface area contributed by atoms with E-state index in [0.717, 1.165) is 39.8 Å². The molecule has 0 saturated carbocycles. The summed E-state index contributed by atoms with van der Waals surface area (Å²) in [7, 11) is 0. The molecule has 2 aromatic heterocycles. The number of para-hydroxylation sites is 2. The number of hydrogen-bond acceptors (Lipinski definition) is 1. The molecule has 45 heavy (non-hydrogen) atoms. The maximum absolute atomic E-state index is 9.03.